The van der Waals surface area contributed by atoms with E-state index in [0.29, 0.717) is 24.0 Å². The lowest BCUT2D eigenvalue weighted by molar-refractivity contribution is 0.256. The smallest absolute Gasteiger partial charge is 0.134 e. The summed E-state index contributed by atoms with van der Waals surface area (Å²) in [4.78, 5) is 0. The Balaban J connectivity index is 1.86. The molecule has 1 aliphatic carbocycles. The summed E-state index contributed by atoms with van der Waals surface area (Å²) in [5.74, 6) is -0.751. The number of rotatable bonds is 2. The van der Waals surface area contributed by atoms with Crippen molar-refractivity contribution in [2.24, 2.45) is 0 Å². The van der Waals surface area contributed by atoms with E-state index in [-0.39, 0.29) is 6.04 Å². The Morgan fingerprint density at radius 1 is 1.25 bits per heavy atom. The van der Waals surface area contributed by atoms with Gasteiger partial charge in [-0.05, 0) is 12.8 Å². The van der Waals surface area contributed by atoms with Crippen LogP contribution < -0.4 is 10.1 Å². The minimum Gasteiger partial charge on any atom is -0.491 e. The molecule has 4 heteroatoms. The van der Waals surface area contributed by atoms with Gasteiger partial charge in [-0.25, -0.2) is 8.78 Å². The maximum atomic E-state index is 13.6. The highest BCUT2D eigenvalue weighted by Crippen LogP contribution is 2.36. The molecule has 2 nitrogen and oxygen atoms in total. The average molecular weight is 225 g/mol. The van der Waals surface area contributed by atoms with E-state index in [9.17, 15) is 8.78 Å². The lowest BCUT2D eigenvalue weighted by Gasteiger charge is -2.29. The first kappa shape index (κ1) is 10.0. The maximum Gasteiger partial charge on any atom is 0.134 e. The van der Waals surface area contributed by atoms with Crippen LogP contribution in [0, 0.1) is 11.6 Å². The first-order chi connectivity index (χ1) is 7.74. The summed E-state index contributed by atoms with van der Waals surface area (Å²) < 4.78 is 31.9. The van der Waals surface area contributed by atoms with E-state index in [1.54, 1.807) is 0 Å². The molecule has 1 saturated carbocycles. The summed E-state index contributed by atoms with van der Waals surface area (Å²) in [5.41, 5.74) is 0.480. The van der Waals surface area contributed by atoms with Gasteiger partial charge in [0.2, 0.25) is 0 Å². The molecule has 0 bridgehead atoms. The summed E-state index contributed by atoms with van der Waals surface area (Å²) in [5, 5.41) is 3.34. The van der Waals surface area contributed by atoms with Gasteiger partial charge in [0.1, 0.15) is 24.0 Å². The van der Waals surface area contributed by atoms with E-state index in [4.69, 9.17) is 4.74 Å². The fraction of sp³-hybridized carbons (Fsp3) is 0.500. The average Bonchev–Trinajstić information content (AvgIpc) is 2.54. The number of ether oxygens (including phenoxy) is 1. The van der Waals surface area contributed by atoms with E-state index in [1.807, 2.05) is 0 Å². The molecule has 0 amide bonds. The molecule has 0 radical (unpaired) electrons. The molecule has 16 heavy (non-hydrogen) atoms. The lowest BCUT2D eigenvalue weighted by atomic mass is 9.92. The Bertz CT molecular complexity index is 418. The van der Waals surface area contributed by atoms with E-state index in [2.05, 4.69) is 5.32 Å². The van der Waals surface area contributed by atoms with Crippen LogP contribution in [0.25, 0.3) is 0 Å². The number of fused-ring (bicyclic) bond motifs is 1. The van der Waals surface area contributed by atoms with Crippen molar-refractivity contribution < 1.29 is 13.5 Å². The lowest BCUT2D eigenvalue weighted by Crippen LogP contribution is -2.38. The molecular formula is C12H13F2NO. The maximum absolute atomic E-state index is 13.6. The Hall–Kier alpha value is -1.16. The van der Waals surface area contributed by atoms with Gasteiger partial charge in [0.05, 0.1) is 11.6 Å². The van der Waals surface area contributed by atoms with Crippen molar-refractivity contribution in [3.63, 3.8) is 0 Å². The van der Waals surface area contributed by atoms with Crippen molar-refractivity contribution in [2.45, 2.75) is 31.3 Å². The van der Waals surface area contributed by atoms with E-state index < -0.39 is 11.6 Å². The van der Waals surface area contributed by atoms with Crippen molar-refractivity contribution >= 4 is 0 Å². The molecule has 1 unspecified atom stereocenters. The van der Waals surface area contributed by atoms with Crippen LogP contribution in [0.1, 0.15) is 30.9 Å². The van der Waals surface area contributed by atoms with Gasteiger partial charge in [-0.15, -0.1) is 0 Å². The summed E-state index contributed by atoms with van der Waals surface area (Å²) in [6, 6.07) is 2.51. The van der Waals surface area contributed by atoms with Gasteiger partial charge in [-0.3, -0.25) is 0 Å². The van der Waals surface area contributed by atoms with Crippen molar-refractivity contribution in [1.82, 2.24) is 5.32 Å². The van der Waals surface area contributed by atoms with Gasteiger partial charge in [-0.1, -0.05) is 6.42 Å². The number of halogens is 2. The molecule has 86 valence electrons. The van der Waals surface area contributed by atoms with Crippen molar-refractivity contribution in [3.8, 4) is 5.75 Å². The van der Waals surface area contributed by atoms with Gasteiger partial charge in [0.15, 0.2) is 0 Å². The third kappa shape index (κ3) is 1.57. The minimum absolute atomic E-state index is 0.124. The fourth-order valence-electron chi connectivity index (χ4n) is 2.27. The Morgan fingerprint density at radius 2 is 2.06 bits per heavy atom. The van der Waals surface area contributed by atoms with Crippen LogP contribution >= 0.6 is 0 Å². The second-order valence-electron chi connectivity index (χ2n) is 4.46. The predicted octanol–water partition coefficient (Wildman–Crippen LogP) is 2.54. The van der Waals surface area contributed by atoms with Crippen LogP contribution in [0.15, 0.2) is 12.1 Å². The van der Waals surface area contributed by atoms with E-state index >= 15 is 0 Å². The van der Waals surface area contributed by atoms with E-state index in [1.165, 1.54) is 12.5 Å². The Labute approximate surface area is 92.6 Å². The molecule has 3 rings (SSSR count). The van der Waals surface area contributed by atoms with Gasteiger partial charge >= 0.3 is 0 Å². The molecule has 1 N–H and O–H groups in total. The quantitative estimate of drug-likeness (QED) is 0.835. The van der Waals surface area contributed by atoms with Gasteiger partial charge < -0.3 is 10.1 Å². The standard InChI is InChI=1S/C12H13F2NO/c13-7-4-9(14)12-10(6-16-11(12)5-7)15-8-2-1-3-8/h4-5,8,10,15H,1-3,6H2. The molecule has 2 aliphatic rings. The molecular weight excluding hydrogens is 212 g/mol. The highest BCUT2D eigenvalue weighted by atomic mass is 19.1. The van der Waals surface area contributed by atoms with Gasteiger partial charge in [0, 0.05) is 18.2 Å². The van der Waals surface area contributed by atoms with Gasteiger partial charge in [0.25, 0.3) is 0 Å². The fourth-order valence-corrected chi connectivity index (χ4v) is 2.27. The van der Waals surface area contributed by atoms with Crippen LogP contribution in [0.2, 0.25) is 0 Å². The van der Waals surface area contributed by atoms with E-state index in [0.717, 1.165) is 18.9 Å². The first-order valence-electron chi connectivity index (χ1n) is 5.62. The molecule has 0 aromatic heterocycles. The monoisotopic (exact) mass is 225 g/mol. The van der Waals surface area contributed by atoms with Gasteiger partial charge in [-0.2, -0.15) is 0 Å². The molecule has 1 aliphatic heterocycles. The number of hydrogen-bond donors (Lipinski definition) is 1. The van der Waals surface area contributed by atoms with Crippen LogP contribution in [0.5, 0.6) is 5.75 Å². The zero-order chi connectivity index (χ0) is 11.1. The second-order valence-corrected chi connectivity index (χ2v) is 4.46. The highest BCUT2D eigenvalue weighted by Gasteiger charge is 2.31. The largest absolute Gasteiger partial charge is 0.491 e. The molecule has 0 spiro atoms. The first-order valence-corrected chi connectivity index (χ1v) is 5.62. The summed E-state index contributed by atoms with van der Waals surface area (Å²) in [6.45, 7) is 0.395. The zero-order valence-electron chi connectivity index (χ0n) is 8.80. The van der Waals surface area contributed by atoms with Crippen LogP contribution in [0.3, 0.4) is 0 Å². The topological polar surface area (TPSA) is 21.3 Å². The highest BCUT2D eigenvalue weighted by molar-refractivity contribution is 5.41. The number of hydrogen-bond acceptors (Lipinski definition) is 2. The SMILES string of the molecule is Fc1cc(F)c2c(c1)OCC2NC1CCC1. The number of nitrogens with one attached hydrogen (secondary N) is 1. The third-order valence-electron chi connectivity index (χ3n) is 3.35. The summed E-state index contributed by atoms with van der Waals surface area (Å²) >= 11 is 0. The van der Waals surface area contributed by atoms with Crippen molar-refractivity contribution in [3.05, 3.63) is 29.3 Å². The van der Waals surface area contributed by atoms with Crippen molar-refractivity contribution in [2.75, 3.05) is 6.61 Å². The zero-order valence-corrected chi connectivity index (χ0v) is 8.80. The number of benzene rings is 1. The second kappa shape index (κ2) is 3.70. The third-order valence-corrected chi connectivity index (χ3v) is 3.35. The predicted molar refractivity (Wildman–Crippen MR) is 55.4 cm³/mol. The summed E-state index contributed by atoms with van der Waals surface area (Å²) in [7, 11) is 0. The normalized spacial score (nSPS) is 23.8. The molecule has 1 aromatic rings. The van der Waals surface area contributed by atoms with Crippen LogP contribution in [-0.2, 0) is 0 Å². The van der Waals surface area contributed by atoms with Crippen LogP contribution in [0.4, 0.5) is 8.78 Å². The van der Waals surface area contributed by atoms with Crippen LogP contribution in [-0.4, -0.2) is 12.6 Å². The molecule has 1 atom stereocenters. The molecule has 1 fully saturated rings. The minimum atomic E-state index is -0.583. The molecule has 1 heterocycles. The molecule has 0 saturated heterocycles. The Morgan fingerprint density at radius 3 is 2.75 bits per heavy atom. The summed E-state index contributed by atoms with van der Waals surface area (Å²) in [6.07, 6.45) is 3.49. The Kier molecular flexibility index (Phi) is 2.32. The van der Waals surface area contributed by atoms with Crippen molar-refractivity contribution in [1.29, 1.82) is 0 Å². The molecule has 1 aromatic carbocycles.